The molecule has 2 aromatic rings. The summed E-state index contributed by atoms with van der Waals surface area (Å²) in [5, 5.41) is 0. The van der Waals surface area contributed by atoms with Gasteiger partial charge in [0.05, 0.1) is 7.11 Å². The van der Waals surface area contributed by atoms with Crippen LogP contribution in [-0.2, 0) is 14.6 Å². The van der Waals surface area contributed by atoms with Gasteiger partial charge in [-0.2, -0.15) is 0 Å². The van der Waals surface area contributed by atoms with Gasteiger partial charge in [-0.3, -0.25) is 4.18 Å². The molecular formula is C15H15NO4S. The maximum atomic E-state index is 9.22. The van der Waals surface area contributed by atoms with Gasteiger partial charge in [-0.25, -0.2) is 8.42 Å². The molecule has 0 saturated carbocycles. The van der Waals surface area contributed by atoms with Crippen molar-refractivity contribution in [2.24, 2.45) is 0 Å². The summed E-state index contributed by atoms with van der Waals surface area (Å²) in [6, 6.07) is 19.1. The minimum atomic E-state index is -4.41. The Labute approximate surface area is 124 Å². The lowest BCUT2D eigenvalue weighted by Gasteiger charge is -1.98. The summed E-state index contributed by atoms with van der Waals surface area (Å²) < 4.78 is 32.9. The van der Waals surface area contributed by atoms with Crippen LogP contribution in [0.5, 0.6) is 0 Å². The molecule has 0 bridgehead atoms. The molecule has 0 saturated heterocycles. The number of hydrogen-bond donors (Lipinski definition) is 0. The van der Waals surface area contributed by atoms with Crippen LogP contribution >= 0.6 is 0 Å². The lowest BCUT2D eigenvalue weighted by Crippen LogP contribution is -2.30. The second kappa shape index (κ2) is 8.17. The van der Waals surface area contributed by atoms with E-state index in [0.29, 0.717) is 0 Å². The van der Waals surface area contributed by atoms with Crippen molar-refractivity contribution in [2.75, 3.05) is 7.11 Å². The first kappa shape index (κ1) is 16.9. The zero-order valence-corrected chi connectivity index (χ0v) is 12.5. The van der Waals surface area contributed by atoms with Gasteiger partial charge in [0.2, 0.25) is 16.4 Å². The summed E-state index contributed by atoms with van der Waals surface area (Å²) in [6.45, 7) is 2.04. The standard InChI is InChI=1S/C14H12N.CH4O4S/c1-13-7-5-6-11-15(13)12-10-14-8-3-2-4-9-14;1-5-6(2,3)4/h2-9,11H,1H3;1H3,(H,2,3,4)/q+1;/p-1. The van der Waals surface area contributed by atoms with E-state index in [1.54, 1.807) is 0 Å². The Morgan fingerprint density at radius 3 is 2.19 bits per heavy atom. The zero-order valence-electron chi connectivity index (χ0n) is 11.7. The summed E-state index contributed by atoms with van der Waals surface area (Å²) in [6.07, 6.45) is 1.96. The quantitative estimate of drug-likeness (QED) is 0.344. The minimum absolute atomic E-state index is 0.808. The highest BCUT2D eigenvalue weighted by Crippen LogP contribution is 1.94. The van der Waals surface area contributed by atoms with Crippen molar-refractivity contribution in [1.82, 2.24) is 0 Å². The number of pyridine rings is 1. The number of benzene rings is 1. The van der Waals surface area contributed by atoms with Crippen LogP contribution in [0.25, 0.3) is 0 Å². The highest BCUT2D eigenvalue weighted by molar-refractivity contribution is 7.80. The lowest BCUT2D eigenvalue weighted by molar-refractivity contribution is -0.590. The van der Waals surface area contributed by atoms with Crippen LogP contribution < -0.4 is 4.57 Å². The molecule has 0 amide bonds. The minimum Gasteiger partial charge on any atom is -0.726 e. The molecule has 21 heavy (non-hydrogen) atoms. The van der Waals surface area contributed by atoms with Gasteiger partial charge < -0.3 is 4.55 Å². The Hall–Kier alpha value is -2.20. The van der Waals surface area contributed by atoms with E-state index < -0.39 is 10.4 Å². The molecule has 5 nitrogen and oxygen atoms in total. The zero-order chi connectivity index (χ0) is 15.7. The van der Waals surface area contributed by atoms with Crippen molar-refractivity contribution < 1.29 is 21.7 Å². The molecule has 0 aliphatic carbocycles. The fourth-order valence-electron chi connectivity index (χ4n) is 1.30. The molecule has 0 spiro atoms. The first-order chi connectivity index (χ1) is 9.92. The second-order valence-corrected chi connectivity index (χ2v) is 5.04. The van der Waals surface area contributed by atoms with Gasteiger partial charge in [-0.05, 0) is 12.1 Å². The SMILES string of the molecule is COS(=O)(=O)[O-].Cc1cccc[n+]1C#Cc1ccccc1. The first-order valence-corrected chi connectivity index (χ1v) is 7.31. The van der Waals surface area contributed by atoms with Crippen LogP contribution in [0.1, 0.15) is 11.3 Å². The number of hydrogen-bond acceptors (Lipinski definition) is 4. The summed E-state index contributed by atoms with van der Waals surface area (Å²) in [4.78, 5) is 0. The molecule has 1 aromatic carbocycles. The Morgan fingerprint density at radius 1 is 1.10 bits per heavy atom. The Kier molecular flexibility index (Phi) is 6.56. The fraction of sp³-hybridized carbons (Fsp3) is 0.133. The third kappa shape index (κ3) is 7.22. The third-order valence-corrected chi connectivity index (χ3v) is 2.77. The summed E-state index contributed by atoms with van der Waals surface area (Å²) in [5.41, 5.74) is 2.18. The van der Waals surface area contributed by atoms with Crippen LogP contribution in [0.4, 0.5) is 0 Å². The monoisotopic (exact) mass is 305 g/mol. The molecule has 1 heterocycles. The maximum Gasteiger partial charge on any atom is 0.234 e. The number of aryl methyl sites for hydroxylation is 1. The summed E-state index contributed by atoms with van der Waals surface area (Å²) in [5.74, 6) is 3.11. The normalized spacial score (nSPS) is 9.86. The van der Waals surface area contributed by atoms with Crippen LogP contribution in [0.3, 0.4) is 0 Å². The van der Waals surface area contributed by atoms with Crippen LogP contribution in [-0.4, -0.2) is 20.1 Å². The van der Waals surface area contributed by atoms with Gasteiger partial charge in [0.25, 0.3) is 0 Å². The van der Waals surface area contributed by atoms with Crippen LogP contribution in [0.2, 0.25) is 0 Å². The molecular weight excluding hydrogens is 290 g/mol. The van der Waals surface area contributed by atoms with Gasteiger partial charge in [-0.15, -0.1) is 4.57 Å². The van der Waals surface area contributed by atoms with Crippen molar-refractivity contribution in [2.45, 2.75) is 6.92 Å². The van der Waals surface area contributed by atoms with Gasteiger partial charge >= 0.3 is 0 Å². The highest BCUT2D eigenvalue weighted by atomic mass is 32.3. The van der Waals surface area contributed by atoms with E-state index in [1.165, 1.54) is 0 Å². The molecule has 6 heteroatoms. The van der Waals surface area contributed by atoms with E-state index in [2.05, 4.69) is 16.1 Å². The van der Waals surface area contributed by atoms with Crippen molar-refractivity contribution >= 4 is 10.4 Å². The first-order valence-electron chi connectivity index (χ1n) is 5.98. The van der Waals surface area contributed by atoms with Crippen LogP contribution in [0.15, 0.2) is 54.7 Å². The number of nitrogens with zero attached hydrogens (tertiary/aromatic N) is 1. The van der Waals surface area contributed by atoms with Crippen LogP contribution in [0, 0.1) is 18.9 Å². The lowest BCUT2D eigenvalue weighted by atomic mass is 10.2. The van der Waals surface area contributed by atoms with Crippen molar-refractivity contribution in [3.63, 3.8) is 0 Å². The van der Waals surface area contributed by atoms with E-state index in [1.807, 2.05) is 66.2 Å². The molecule has 0 fully saturated rings. The summed E-state index contributed by atoms with van der Waals surface area (Å²) in [7, 11) is -3.60. The Morgan fingerprint density at radius 2 is 1.67 bits per heavy atom. The fourth-order valence-corrected chi connectivity index (χ4v) is 1.30. The van der Waals surface area contributed by atoms with E-state index in [4.69, 9.17) is 0 Å². The maximum absolute atomic E-state index is 9.22. The molecule has 0 unspecified atom stereocenters. The molecule has 0 N–H and O–H groups in total. The number of rotatable bonds is 1. The van der Waals surface area contributed by atoms with E-state index in [-0.39, 0.29) is 0 Å². The Balaban J connectivity index is 0.000000315. The average Bonchev–Trinajstić information content (AvgIpc) is 2.47. The molecule has 0 aliphatic rings. The Bertz CT molecular complexity index is 731. The predicted molar refractivity (Wildman–Crippen MR) is 76.8 cm³/mol. The van der Waals surface area contributed by atoms with Crippen molar-refractivity contribution in [3.8, 4) is 12.0 Å². The molecule has 0 aliphatic heterocycles. The van der Waals surface area contributed by atoms with E-state index in [0.717, 1.165) is 18.4 Å². The largest absolute Gasteiger partial charge is 0.726 e. The molecule has 110 valence electrons. The van der Waals surface area contributed by atoms with E-state index in [9.17, 15) is 13.0 Å². The van der Waals surface area contributed by atoms with Gasteiger partial charge in [0, 0.05) is 30.5 Å². The topological polar surface area (TPSA) is 70.3 Å². The molecule has 1 aromatic heterocycles. The highest BCUT2D eigenvalue weighted by Gasteiger charge is 1.98. The average molecular weight is 305 g/mol. The van der Waals surface area contributed by atoms with Gasteiger partial charge in [-0.1, -0.05) is 24.3 Å². The van der Waals surface area contributed by atoms with E-state index >= 15 is 0 Å². The molecule has 0 radical (unpaired) electrons. The van der Waals surface area contributed by atoms with Gasteiger partial charge in [0.1, 0.15) is 0 Å². The number of aromatic nitrogens is 1. The van der Waals surface area contributed by atoms with Crippen molar-refractivity contribution in [3.05, 3.63) is 66.0 Å². The summed E-state index contributed by atoms with van der Waals surface area (Å²) >= 11 is 0. The second-order valence-electron chi connectivity index (χ2n) is 3.89. The van der Waals surface area contributed by atoms with Gasteiger partial charge in [0.15, 0.2) is 11.9 Å². The smallest absolute Gasteiger partial charge is 0.234 e. The molecule has 2 rings (SSSR count). The third-order valence-electron chi connectivity index (χ3n) is 2.36. The van der Waals surface area contributed by atoms with Crippen molar-refractivity contribution in [1.29, 1.82) is 0 Å². The molecule has 0 atom stereocenters. The predicted octanol–water partition coefficient (Wildman–Crippen LogP) is 1.23.